The summed E-state index contributed by atoms with van der Waals surface area (Å²) < 4.78 is 5.21. The predicted molar refractivity (Wildman–Crippen MR) is 76.9 cm³/mol. The van der Waals surface area contributed by atoms with E-state index in [4.69, 9.17) is 4.74 Å². The van der Waals surface area contributed by atoms with Crippen molar-refractivity contribution in [3.63, 3.8) is 0 Å². The smallest absolute Gasteiger partial charge is 0.162 e. The molecule has 0 fully saturated rings. The van der Waals surface area contributed by atoms with Gasteiger partial charge in [0, 0.05) is 12.0 Å². The molecule has 0 aliphatic carbocycles. The number of ketones is 1. The molecular formula is C17H18O2. The van der Waals surface area contributed by atoms with Crippen LogP contribution in [0.3, 0.4) is 0 Å². The first-order valence-corrected chi connectivity index (χ1v) is 6.48. The van der Waals surface area contributed by atoms with Crippen molar-refractivity contribution in [3.8, 4) is 5.75 Å². The van der Waals surface area contributed by atoms with Gasteiger partial charge in [0.25, 0.3) is 0 Å². The molecule has 0 spiro atoms. The van der Waals surface area contributed by atoms with Gasteiger partial charge in [-0.2, -0.15) is 0 Å². The summed E-state index contributed by atoms with van der Waals surface area (Å²) in [7, 11) is 1.67. The van der Waals surface area contributed by atoms with Gasteiger partial charge in [-0.1, -0.05) is 43.3 Å². The van der Waals surface area contributed by atoms with Crippen LogP contribution in [0.15, 0.2) is 48.5 Å². The summed E-state index contributed by atoms with van der Waals surface area (Å²) in [5.41, 5.74) is 3.19. The van der Waals surface area contributed by atoms with Gasteiger partial charge in [0.15, 0.2) is 5.78 Å². The molecule has 0 unspecified atom stereocenters. The second-order valence-electron chi connectivity index (χ2n) is 4.50. The minimum absolute atomic E-state index is 0.188. The molecule has 98 valence electrons. The molecule has 0 saturated heterocycles. The van der Waals surface area contributed by atoms with Crippen LogP contribution in [0.25, 0.3) is 0 Å². The average molecular weight is 254 g/mol. The molecule has 19 heavy (non-hydrogen) atoms. The van der Waals surface area contributed by atoms with Crippen molar-refractivity contribution in [2.75, 3.05) is 7.11 Å². The summed E-state index contributed by atoms with van der Waals surface area (Å²) >= 11 is 0. The topological polar surface area (TPSA) is 26.3 Å². The molecule has 2 rings (SSSR count). The third-order valence-electron chi connectivity index (χ3n) is 3.14. The first-order valence-electron chi connectivity index (χ1n) is 6.48. The maximum absolute atomic E-state index is 11.6. The van der Waals surface area contributed by atoms with Crippen molar-refractivity contribution in [2.24, 2.45) is 0 Å². The largest absolute Gasteiger partial charge is 0.497 e. The monoisotopic (exact) mass is 254 g/mol. The summed E-state index contributed by atoms with van der Waals surface area (Å²) in [6.45, 7) is 1.88. The standard InChI is InChI=1S/C17H18O2/c1-3-17(18)15-9-7-13(8-10-15)11-14-5-4-6-16(12-14)19-2/h4-10,12H,3,11H2,1-2H3. The highest BCUT2D eigenvalue weighted by atomic mass is 16.5. The Kier molecular flexibility index (Phi) is 4.35. The molecule has 0 aliphatic rings. The highest BCUT2D eigenvalue weighted by Gasteiger charge is 2.03. The number of benzene rings is 2. The molecular weight excluding hydrogens is 236 g/mol. The second-order valence-corrected chi connectivity index (χ2v) is 4.50. The molecule has 0 saturated carbocycles. The normalized spacial score (nSPS) is 10.2. The van der Waals surface area contributed by atoms with E-state index in [9.17, 15) is 4.79 Å². The number of methoxy groups -OCH3 is 1. The van der Waals surface area contributed by atoms with Crippen LogP contribution in [0.2, 0.25) is 0 Å². The number of Topliss-reactive ketones (excluding diaryl/α,β-unsaturated/α-hetero) is 1. The van der Waals surface area contributed by atoms with Gasteiger partial charge in [-0.25, -0.2) is 0 Å². The second kappa shape index (κ2) is 6.19. The molecule has 0 aliphatic heterocycles. The SMILES string of the molecule is CCC(=O)c1ccc(Cc2cccc(OC)c2)cc1. The molecule has 0 amide bonds. The van der Waals surface area contributed by atoms with Crippen LogP contribution < -0.4 is 4.74 Å². The zero-order valence-electron chi connectivity index (χ0n) is 11.3. The molecule has 0 aromatic heterocycles. The Morgan fingerprint density at radius 1 is 1.05 bits per heavy atom. The van der Waals surface area contributed by atoms with Crippen molar-refractivity contribution in [1.29, 1.82) is 0 Å². The molecule has 0 radical (unpaired) electrons. The van der Waals surface area contributed by atoms with Gasteiger partial charge in [-0.15, -0.1) is 0 Å². The van der Waals surface area contributed by atoms with Crippen molar-refractivity contribution in [3.05, 3.63) is 65.2 Å². The number of rotatable bonds is 5. The Hall–Kier alpha value is -2.09. The lowest BCUT2D eigenvalue weighted by Crippen LogP contribution is -1.97. The Morgan fingerprint density at radius 2 is 1.79 bits per heavy atom. The molecule has 0 heterocycles. The number of ether oxygens (including phenoxy) is 1. The third kappa shape index (κ3) is 3.44. The average Bonchev–Trinajstić information content (AvgIpc) is 2.47. The summed E-state index contributed by atoms with van der Waals surface area (Å²) in [5.74, 6) is 1.06. The Morgan fingerprint density at radius 3 is 2.42 bits per heavy atom. The van der Waals surface area contributed by atoms with Gasteiger partial charge in [0.2, 0.25) is 0 Å². The Bertz CT molecular complexity index is 556. The van der Waals surface area contributed by atoms with Crippen LogP contribution in [-0.4, -0.2) is 12.9 Å². The number of carbonyl (C=O) groups excluding carboxylic acids is 1. The summed E-state index contributed by atoms with van der Waals surface area (Å²) in [5, 5.41) is 0. The predicted octanol–water partition coefficient (Wildman–Crippen LogP) is 3.88. The van der Waals surface area contributed by atoms with Crippen molar-refractivity contribution >= 4 is 5.78 Å². The number of hydrogen-bond acceptors (Lipinski definition) is 2. The zero-order chi connectivity index (χ0) is 13.7. The fourth-order valence-corrected chi connectivity index (χ4v) is 2.03. The van der Waals surface area contributed by atoms with E-state index in [1.165, 1.54) is 11.1 Å². The van der Waals surface area contributed by atoms with Crippen molar-refractivity contribution < 1.29 is 9.53 Å². The van der Waals surface area contributed by atoms with E-state index in [1.807, 2.05) is 49.4 Å². The number of carbonyl (C=O) groups is 1. The van der Waals surface area contributed by atoms with Gasteiger partial charge in [-0.05, 0) is 29.7 Å². The van der Waals surface area contributed by atoms with Gasteiger partial charge < -0.3 is 4.74 Å². The third-order valence-corrected chi connectivity index (χ3v) is 3.14. The van der Waals surface area contributed by atoms with Crippen molar-refractivity contribution in [1.82, 2.24) is 0 Å². The summed E-state index contributed by atoms with van der Waals surface area (Å²) in [4.78, 5) is 11.6. The minimum atomic E-state index is 0.188. The minimum Gasteiger partial charge on any atom is -0.497 e. The van der Waals surface area contributed by atoms with E-state index >= 15 is 0 Å². The molecule has 2 aromatic carbocycles. The Labute approximate surface area is 114 Å². The van der Waals surface area contributed by atoms with Gasteiger partial charge in [-0.3, -0.25) is 4.79 Å². The van der Waals surface area contributed by atoms with Gasteiger partial charge in [0.1, 0.15) is 5.75 Å². The summed E-state index contributed by atoms with van der Waals surface area (Å²) in [6.07, 6.45) is 1.40. The van der Waals surface area contributed by atoms with E-state index in [0.29, 0.717) is 6.42 Å². The highest BCUT2D eigenvalue weighted by Crippen LogP contribution is 2.16. The first kappa shape index (κ1) is 13.3. The van der Waals surface area contributed by atoms with Crippen molar-refractivity contribution in [2.45, 2.75) is 19.8 Å². The van der Waals surface area contributed by atoms with Gasteiger partial charge in [0.05, 0.1) is 7.11 Å². The van der Waals surface area contributed by atoms with E-state index in [2.05, 4.69) is 6.07 Å². The Balaban J connectivity index is 2.12. The highest BCUT2D eigenvalue weighted by molar-refractivity contribution is 5.95. The lowest BCUT2D eigenvalue weighted by molar-refractivity contribution is 0.0988. The van der Waals surface area contributed by atoms with Gasteiger partial charge >= 0.3 is 0 Å². The van der Waals surface area contributed by atoms with E-state index in [1.54, 1.807) is 7.11 Å². The molecule has 2 nitrogen and oxygen atoms in total. The fraction of sp³-hybridized carbons (Fsp3) is 0.235. The first-order chi connectivity index (χ1) is 9.22. The molecule has 2 aromatic rings. The molecule has 0 N–H and O–H groups in total. The lowest BCUT2D eigenvalue weighted by atomic mass is 10.0. The van der Waals surface area contributed by atoms with E-state index in [-0.39, 0.29) is 5.78 Å². The van der Waals surface area contributed by atoms with Crippen LogP contribution in [0.5, 0.6) is 5.75 Å². The number of hydrogen-bond donors (Lipinski definition) is 0. The van der Waals surface area contributed by atoms with Crippen LogP contribution in [0.1, 0.15) is 34.8 Å². The molecule has 2 heteroatoms. The van der Waals surface area contributed by atoms with Crippen LogP contribution in [0.4, 0.5) is 0 Å². The molecule has 0 bridgehead atoms. The van der Waals surface area contributed by atoms with Crippen LogP contribution >= 0.6 is 0 Å². The lowest BCUT2D eigenvalue weighted by Gasteiger charge is -2.05. The summed E-state index contributed by atoms with van der Waals surface area (Å²) in [6, 6.07) is 15.9. The van der Waals surface area contributed by atoms with Crippen LogP contribution in [-0.2, 0) is 6.42 Å². The molecule has 0 atom stereocenters. The maximum atomic E-state index is 11.6. The van der Waals surface area contributed by atoms with E-state index < -0.39 is 0 Å². The van der Waals surface area contributed by atoms with Crippen LogP contribution in [0, 0.1) is 0 Å². The fourth-order valence-electron chi connectivity index (χ4n) is 2.03. The zero-order valence-corrected chi connectivity index (χ0v) is 11.3. The van der Waals surface area contributed by atoms with E-state index in [0.717, 1.165) is 17.7 Å². The quantitative estimate of drug-likeness (QED) is 0.757. The maximum Gasteiger partial charge on any atom is 0.162 e.